The van der Waals surface area contributed by atoms with Crippen LogP contribution in [0.25, 0.3) is 0 Å². The van der Waals surface area contributed by atoms with E-state index in [0.29, 0.717) is 0 Å². The molecule has 1 aromatic carbocycles. The quantitative estimate of drug-likeness (QED) is 0.547. The summed E-state index contributed by atoms with van der Waals surface area (Å²) in [6.45, 7) is 2.98. The first kappa shape index (κ1) is 9.34. The molecule has 0 aromatic heterocycles. The van der Waals surface area contributed by atoms with E-state index in [-0.39, 0.29) is 0 Å². The van der Waals surface area contributed by atoms with Crippen molar-refractivity contribution in [1.29, 1.82) is 0 Å². The minimum atomic E-state index is 0.844. The maximum atomic E-state index is 10.5. The van der Waals surface area contributed by atoms with Crippen LogP contribution in [-0.2, 0) is 4.79 Å². The lowest BCUT2D eigenvalue weighted by molar-refractivity contribution is -0.104. The second-order valence-corrected chi connectivity index (χ2v) is 4.02. The Labute approximate surface area is 87.6 Å². The summed E-state index contributed by atoms with van der Waals surface area (Å²) in [7, 11) is 0. The maximum Gasteiger partial charge on any atom is 0.145 e. The predicted molar refractivity (Wildman–Crippen MR) is 59.5 cm³/mol. The lowest BCUT2D eigenvalue weighted by Gasteiger charge is -2.16. The molecule has 1 aliphatic heterocycles. The van der Waals surface area contributed by atoms with Crippen LogP contribution in [0.2, 0.25) is 0 Å². The summed E-state index contributed by atoms with van der Waals surface area (Å²) < 4.78 is 0. The highest BCUT2D eigenvalue weighted by Gasteiger charge is 2.22. The molecule has 0 bridgehead atoms. The Balaban J connectivity index is 2.43. The highest BCUT2D eigenvalue weighted by atomic mass is 32.2. The van der Waals surface area contributed by atoms with Crippen LogP contribution in [0.4, 0.5) is 5.69 Å². The molecule has 0 N–H and O–H groups in total. The molecule has 0 fully saturated rings. The summed E-state index contributed by atoms with van der Waals surface area (Å²) in [5.74, 6) is 0. The third-order valence-corrected chi connectivity index (χ3v) is 3.29. The molecule has 0 saturated carbocycles. The molecule has 0 amide bonds. The molecule has 2 nitrogen and oxygen atoms in total. The van der Waals surface area contributed by atoms with Gasteiger partial charge in [-0.05, 0) is 19.1 Å². The van der Waals surface area contributed by atoms with Crippen LogP contribution in [0.15, 0.2) is 40.3 Å². The smallest absolute Gasteiger partial charge is 0.145 e. The van der Waals surface area contributed by atoms with Crippen molar-refractivity contribution in [3.63, 3.8) is 0 Å². The van der Waals surface area contributed by atoms with E-state index in [1.54, 1.807) is 17.8 Å². The van der Waals surface area contributed by atoms with Crippen molar-refractivity contribution in [3.8, 4) is 0 Å². The van der Waals surface area contributed by atoms with Gasteiger partial charge in [-0.15, -0.1) is 0 Å². The second kappa shape index (κ2) is 3.88. The molecule has 3 heteroatoms. The van der Waals surface area contributed by atoms with Crippen LogP contribution in [0.3, 0.4) is 0 Å². The molecular weight excluding hydrogens is 194 g/mol. The van der Waals surface area contributed by atoms with Gasteiger partial charge in [0.2, 0.25) is 0 Å². The number of carbonyl (C=O) groups is 1. The van der Waals surface area contributed by atoms with Gasteiger partial charge in [-0.3, -0.25) is 4.79 Å². The van der Waals surface area contributed by atoms with E-state index in [1.165, 1.54) is 10.6 Å². The Kier molecular flexibility index (Phi) is 2.59. The van der Waals surface area contributed by atoms with Crippen LogP contribution < -0.4 is 4.90 Å². The van der Waals surface area contributed by atoms with Gasteiger partial charge < -0.3 is 4.90 Å². The first-order valence-corrected chi connectivity index (χ1v) is 5.38. The van der Waals surface area contributed by atoms with Gasteiger partial charge in [-0.2, -0.15) is 0 Å². The van der Waals surface area contributed by atoms with E-state index in [9.17, 15) is 4.79 Å². The van der Waals surface area contributed by atoms with Crippen molar-refractivity contribution >= 4 is 23.7 Å². The zero-order valence-corrected chi connectivity index (χ0v) is 8.75. The molecule has 0 spiro atoms. The lowest BCUT2D eigenvalue weighted by atomic mass is 10.3. The number of thioether (sulfide) groups is 1. The Morgan fingerprint density at radius 1 is 1.43 bits per heavy atom. The highest BCUT2D eigenvalue weighted by Crippen LogP contribution is 2.45. The van der Waals surface area contributed by atoms with Gasteiger partial charge in [0, 0.05) is 17.5 Å². The average molecular weight is 205 g/mol. The average Bonchev–Trinajstić information content (AvgIpc) is 2.55. The zero-order chi connectivity index (χ0) is 9.97. The predicted octanol–water partition coefficient (Wildman–Crippen LogP) is 2.66. The Hall–Kier alpha value is -1.22. The third kappa shape index (κ3) is 1.44. The number of para-hydroxylation sites is 1. The molecule has 0 atom stereocenters. The van der Waals surface area contributed by atoms with Crippen molar-refractivity contribution < 1.29 is 4.79 Å². The molecule has 1 heterocycles. The molecule has 2 rings (SSSR count). The normalized spacial score (nSPS) is 17.2. The number of rotatable bonds is 2. The van der Waals surface area contributed by atoms with Gasteiger partial charge in [0.15, 0.2) is 0 Å². The fourth-order valence-corrected chi connectivity index (χ4v) is 2.68. The summed E-state index contributed by atoms with van der Waals surface area (Å²) in [6.07, 6.45) is 2.46. The molecule has 14 heavy (non-hydrogen) atoms. The first-order valence-electron chi connectivity index (χ1n) is 4.56. The SMILES string of the molecule is CCN1C(=CC=O)Sc2ccccc21. The standard InChI is InChI=1S/C11H11NOS/c1-2-12-9-5-3-4-6-10(9)14-11(12)7-8-13/h3-8H,2H2,1H3. The molecule has 0 saturated heterocycles. The molecule has 72 valence electrons. The largest absolute Gasteiger partial charge is 0.335 e. The van der Waals surface area contributed by atoms with E-state index in [0.717, 1.165) is 17.9 Å². The topological polar surface area (TPSA) is 20.3 Å². The Bertz CT molecular complexity index is 387. The number of anilines is 1. The van der Waals surface area contributed by atoms with Crippen LogP contribution in [0, 0.1) is 0 Å². The van der Waals surface area contributed by atoms with Gasteiger partial charge in [-0.25, -0.2) is 0 Å². The number of nitrogens with zero attached hydrogens (tertiary/aromatic N) is 1. The van der Waals surface area contributed by atoms with Gasteiger partial charge in [0.25, 0.3) is 0 Å². The van der Waals surface area contributed by atoms with Crippen LogP contribution in [-0.4, -0.2) is 12.8 Å². The third-order valence-electron chi connectivity index (χ3n) is 2.16. The van der Waals surface area contributed by atoms with Gasteiger partial charge in [0.05, 0.1) is 10.7 Å². The fourth-order valence-electron chi connectivity index (χ4n) is 1.56. The maximum absolute atomic E-state index is 10.5. The summed E-state index contributed by atoms with van der Waals surface area (Å²) >= 11 is 1.65. The second-order valence-electron chi connectivity index (χ2n) is 2.96. The highest BCUT2D eigenvalue weighted by molar-refractivity contribution is 8.03. The summed E-state index contributed by atoms with van der Waals surface area (Å²) in [5, 5.41) is 1.02. The lowest BCUT2D eigenvalue weighted by Crippen LogP contribution is -2.16. The van der Waals surface area contributed by atoms with Crippen LogP contribution in [0.5, 0.6) is 0 Å². The minimum Gasteiger partial charge on any atom is -0.335 e. The van der Waals surface area contributed by atoms with E-state index in [1.807, 2.05) is 12.1 Å². The van der Waals surface area contributed by atoms with E-state index < -0.39 is 0 Å². The number of allylic oxidation sites excluding steroid dienone is 1. The summed E-state index contributed by atoms with van der Waals surface area (Å²) in [6, 6.07) is 8.20. The van der Waals surface area contributed by atoms with Crippen molar-refractivity contribution in [3.05, 3.63) is 35.4 Å². The van der Waals surface area contributed by atoms with Gasteiger partial charge in [0.1, 0.15) is 6.29 Å². The number of carbonyl (C=O) groups excluding carboxylic acids is 1. The van der Waals surface area contributed by atoms with Crippen LogP contribution in [0.1, 0.15) is 6.92 Å². The monoisotopic (exact) mass is 205 g/mol. The number of aldehydes is 1. The van der Waals surface area contributed by atoms with E-state index in [2.05, 4.69) is 24.0 Å². The van der Waals surface area contributed by atoms with Gasteiger partial charge >= 0.3 is 0 Å². The molecular formula is C11H11NOS. The minimum absolute atomic E-state index is 0.844. The van der Waals surface area contributed by atoms with E-state index >= 15 is 0 Å². The molecule has 0 radical (unpaired) electrons. The molecule has 1 aliphatic rings. The molecule has 0 aliphatic carbocycles. The fraction of sp³-hybridized carbons (Fsp3) is 0.182. The first-order chi connectivity index (χ1) is 6.86. The molecule has 0 unspecified atom stereocenters. The van der Waals surface area contributed by atoms with Gasteiger partial charge in [-0.1, -0.05) is 23.9 Å². The Morgan fingerprint density at radius 3 is 2.93 bits per heavy atom. The van der Waals surface area contributed by atoms with Crippen molar-refractivity contribution in [1.82, 2.24) is 0 Å². The number of hydrogen-bond donors (Lipinski definition) is 0. The van der Waals surface area contributed by atoms with Crippen molar-refractivity contribution in [2.75, 3.05) is 11.4 Å². The number of benzene rings is 1. The number of hydrogen-bond acceptors (Lipinski definition) is 3. The van der Waals surface area contributed by atoms with Crippen LogP contribution >= 0.6 is 11.8 Å². The number of fused-ring (bicyclic) bond motifs is 1. The summed E-state index contributed by atoms with van der Waals surface area (Å²) in [4.78, 5) is 13.8. The molecule has 1 aromatic rings. The zero-order valence-electron chi connectivity index (χ0n) is 7.93. The Morgan fingerprint density at radius 2 is 2.21 bits per heavy atom. The van der Waals surface area contributed by atoms with Crippen molar-refractivity contribution in [2.24, 2.45) is 0 Å². The van der Waals surface area contributed by atoms with Crippen molar-refractivity contribution in [2.45, 2.75) is 11.8 Å². The summed E-state index contributed by atoms with van der Waals surface area (Å²) in [5.41, 5.74) is 1.20. The van der Waals surface area contributed by atoms with E-state index in [4.69, 9.17) is 0 Å².